The van der Waals surface area contributed by atoms with Gasteiger partial charge in [-0.15, -0.1) is 11.3 Å². The number of anilines is 1. The third-order valence-electron chi connectivity index (χ3n) is 6.87. The van der Waals surface area contributed by atoms with E-state index in [1.807, 2.05) is 6.07 Å². The Kier molecular flexibility index (Phi) is 8.45. The average molecular weight is 635 g/mol. The second-order valence-electron chi connectivity index (χ2n) is 9.67. The number of methoxy groups -OCH3 is 1. The van der Waals surface area contributed by atoms with Crippen LogP contribution in [0.4, 0.5) is 5.82 Å². The fraction of sp³-hybridized carbons (Fsp3) is 0.0938. The van der Waals surface area contributed by atoms with E-state index in [0.29, 0.717) is 32.5 Å². The van der Waals surface area contributed by atoms with E-state index in [1.54, 1.807) is 85.7 Å². The maximum Gasteiger partial charge on any atom is 0.283 e. The number of nitrogens with zero attached hydrogens (tertiary/aromatic N) is 7. The summed E-state index contributed by atoms with van der Waals surface area (Å²) in [5.41, 5.74) is 2.17. The second kappa shape index (κ2) is 12.9. The van der Waals surface area contributed by atoms with Crippen molar-refractivity contribution in [1.82, 2.24) is 29.3 Å². The van der Waals surface area contributed by atoms with E-state index in [2.05, 4.69) is 31.4 Å². The molecule has 0 fully saturated rings. The molecule has 0 unspecified atom stereocenters. The first-order valence-electron chi connectivity index (χ1n) is 13.6. The lowest BCUT2D eigenvalue weighted by atomic mass is 10.0. The van der Waals surface area contributed by atoms with E-state index in [0.717, 1.165) is 9.56 Å². The Morgan fingerprint density at radius 3 is 2.62 bits per heavy atom. The minimum atomic E-state index is -0.512. The van der Waals surface area contributed by atoms with Gasteiger partial charge in [0, 0.05) is 52.6 Å². The van der Waals surface area contributed by atoms with Crippen molar-refractivity contribution in [2.24, 2.45) is 0 Å². The summed E-state index contributed by atoms with van der Waals surface area (Å²) in [6.07, 6.45) is 9.46. The SMILES string of the molecule is COc1ccccc1C(=O)n1nc(-c2cc(-c3cccnc3)c(=O)n(Cc3cnccn3)c2)c(C#N)c1NCc1ccc(Cl)s1. The number of pyridine rings is 2. The number of benzene rings is 1. The average Bonchev–Trinajstić information content (AvgIpc) is 3.67. The van der Waals surface area contributed by atoms with Gasteiger partial charge < -0.3 is 14.6 Å². The van der Waals surface area contributed by atoms with Crippen LogP contribution in [0, 0.1) is 11.3 Å². The van der Waals surface area contributed by atoms with Crippen molar-refractivity contribution in [3.05, 3.63) is 128 Å². The molecule has 45 heavy (non-hydrogen) atoms. The first-order chi connectivity index (χ1) is 22.0. The van der Waals surface area contributed by atoms with Crippen LogP contribution in [0.15, 0.2) is 96.6 Å². The van der Waals surface area contributed by atoms with Crippen LogP contribution < -0.4 is 15.6 Å². The molecule has 0 amide bonds. The number of nitriles is 1. The number of carbonyl (C=O) groups excluding carboxylic acids is 1. The lowest BCUT2D eigenvalue weighted by molar-refractivity contribution is 0.0945. The number of thiophene rings is 1. The van der Waals surface area contributed by atoms with Crippen LogP contribution in [0.1, 0.15) is 26.5 Å². The fourth-order valence-corrected chi connectivity index (χ4v) is 5.81. The summed E-state index contributed by atoms with van der Waals surface area (Å²) in [6, 6.07) is 17.8. The summed E-state index contributed by atoms with van der Waals surface area (Å²) >= 11 is 7.52. The van der Waals surface area contributed by atoms with Crippen LogP contribution in [-0.2, 0) is 13.1 Å². The molecule has 1 aromatic carbocycles. The maximum atomic E-state index is 14.0. The van der Waals surface area contributed by atoms with Crippen molar-refractivity contribution < 1.29 is 9.53 Å². The molecule has 13 heteroatoms. The molecule has 0 aliphatic carbocycles. The Hall–Kier alpha value is -5.64. The molecule has 0 aliphatic heterocycles. The van der Waals surface area contributed by atoms with E-state index < -0.39 is 5.91 Å². The van der Waals surface area contributed by atoms with Crippen molar-refractivity contribution in [2.45, 2.75) is 13.1 Å². The summed E-state index contributed by atoms with van der Waals surface area (Å²) < 4.78 is 8.69. The van der Waals surface area contributed by atoms with Crippen molar-refractivity contribution in [1.29, 1.82) is 5.26 Å². The molecule has 6 aromatic rings. The highest BCUT2D eigenvalue weighted by Gasteiger charge is 2.27. The van der Waals surface area contributed by atoms with Crippen molar-refractivity contribution in [3.8, 4) is 34.2 Å². The van der Waals surface area contributed by atoms with Crippen molar-refractivity contribution in [3.63, 3.8) is 0 Å². The summed E-state index contributed by atoms with van der Waals surface area (Å²) in [7, 11) is 1.47. The van der Waals surface area contributed by atoms with Crippen LogP contribution in [0.3, 0.4) is 0 Å². The normalized spacial score (nSPS) is 10.8. The number of nitrogens with one attached hydrogen (secondary N) is 1. The predicted octanol–water partition coefficient (Wildman–Crippen LogP) is 5.51. The van der Waals surface area contributed by atoms with Gasteiger partial charge in [0.15, 0.2) is 5.82 Å². The first-order valence-corrected chi connectivity index (χ1v) is 14.8. The van der Waals surface area contributed by atoms with Crippen molar-refractivity contribution >= 4 is 34.7 Å². The minimum absolute atomic E-state index is 0.112. The number of hydrogen-bond acceptors (Lipinski definition) is 10. The zero-order chi connectivity index (χ0) is 31.3. The Balaban J connectivity index is 1.55. The lowest BCUT2D eigenvalue weighted by Gasteiger charge is -2.11. The van der Waals surface area contributed by atoms with E-state index in [1.165, 1.54) is 23.0 Å². The van der Waals surface area contributed by atoms with Gasteiger partial charge in [0.1, 0.15) is 23.1 Å². The molecule has 0 saturated heterocycles. The number of rotatable bonds is 9. The monoisotopic (exact) mass is 634 g/mol. The number of halogens is 1. The van der Waals surface area contributed by atoms with Gasteiger partial charge in [-0.05, 0) is 36.4 Å². The molecule has 0 radical (unpaired) electrons. The van der Waals surface area contributed by atoms with Gasteiger partial charge in [-0.3, -0.25) is 24.5 Å². The van der Waals surface area contributed by atoms with Gasteiger partial charge in [0.2, 0.25) is 0 Å². The van der Waals surface area contributed by atoms with E-state index in [9.17, 15) is 14.9 Å². The lowest BCUT2D eigenvalue weighted by Crippen LogP contribution is -2.23. The molecule has 5 heterocycles. The second-order valence-corrected chi connectivity index (χ2v) is 11.5. The summed E-state index contributed by atoms with van der Waals surface area (Å²) in [4.78, 5) is 41.2. The van der Waals surface area contributed by atoms with Gasteiger partial charge in [0.05, 0.1) is 42.0 Å². The topological polar surface area (TPSA) is 141 Å². The standard InChI is InChI=1S/C32H23ClN8O3S/c1-44-27-7-3-2-6-24(27)32(43)41-30(38-17-23-8-9-28(33)45-23)26(14-34)29(39-41)21-13-25(20-5-4-10-35-15-20)31(42)40(18-21)19-22-16-36-11-12-37-22/h2-13,15-16,18,38H,17,19H2,1H3. The van der Waals surface area contributed by atoms with Crippen LogP contribution >= 0.6 is 22.9 Å². The zero-order valence-corrected chi connectivity index (χ0v) is 25.3. The Morgan fingerprint density at radius 1 is 1.07 bits per heavy atom. The van der Waals surface area contributed by atoms with Crippen LogP contribution in [0.2, 0.25) is 4.34 Å². The van der Waals surface area contributed by atoms with Crippen LogP contribution in [-0.4, -0.2) is 42.3 Å². The number of aromatic nitrogens is 6. The highest BCUT2D eigenvalue weighted by Crippen LogP contribution is 2.33. The van der Waals surface area contributed by atoms with Gasteiger partial charge in [-0.1, -0.05) is 29.8 Å². The molecule has 0 atom stereocenters. The Labute approximate surface area is 266 Å². The number of para-hydroxylation sites is 1. The third kappa shape index (κ3) is 6.08. The molecular formula is C32H23ClN8O3S. The number of ether oxygens (including phenoxy) is 1. The molecular weight excluding hydrogens is 612 g/mol. The Bertz CT molecular complexity index is 2100. The van der Waals surface area contributed by atoms with Gasteiger partial charge in [-0.2, -0.15) is 15.0 Å². The molecule has 11 nitrogen and oxygen atoms in total. The maximum absolute atomic E-state index is 14.0. The van der Waals surface area contributed by atoms with Gasteiger partial charge in [0.25, 0.3) is 11.5 Å². The van der Waals surface area contributed by atoms with Crippen LogP contribution in [0.25, 0.3) is 22.4 Å². The first kappa shape index (κ1) is 29.4. The summed E-state index contributed by atoms with van der Waals surface area (Å²) in [5, 5.41) is 18.4. The molecule has 222 valence electrons. The zero-order valence-electron chi connectivity index (χ0n) is 23.7. The van der Waals surface area contributed by atoms with E-state index in [4.69, 9.17) is 16.3 Å². The highest BCUT2D eigenvalue weighted by molar-refractivity contribution is 7.16. The molecule has 0 saturated carbocycles. The van der Waals surface area contributed by atoms with Crippen molar-refractivity contribution in [2.75, 3.05) is 12.4 Å². The van der Waals surface area contributed by atoms with E-state index >= 15 is 0 Å². The summed E-state index contributed by atoms with van der Waals surface area (Å²) in [5.74, 6) is 0.0234. The van der Waals surface area contributed by atoms with Gasteiger partial charge in [-0.25, -0.2) is 0 Å². The highest BCUT2D eigenvalue weighted by atomic mass is 35.5. The molecule has 6 rings (SSSR count). The number of hydrogen-bond donors (Lipinski definition) is 1. The molecule has 1 N–H and O–H groups in total. The smallest absolute Gasteiger partial charge is 0.283 e. The molecule has 0 aliphatic rings. The van der Waals surface area contributed by atoms with E-state index in [-0.39, 0.29) is 41.3 Å². The molecule has 5 aromatic heterocycles. The molecule has 0 spiro atoms. The molecule has 0 bridgehead atoms. The Morgan fingerprint density at radius 2 is 1.91 bits per heavy atom. The quantitative estimate of drug-likeness (QED) is 0.218. The fourth-order valence-electron chi connectivity index (χ4n) is 4.79. The van der Waals surface area contributed by atoms with Crippen LogP contribution in [0.5, 0.6) is 5.75 Å². The predicted molar refractivity (Wildman–Crippen MR) is 170 cm³/mol. The third-order valence-corrected chi connectivity index (χ3v) is 8.10. The number of carbonyl (C=O) groups is 1. The largest absolute Gasteiger partial charge is 0.496 e. The minimum Gasteiger partial charge on any atom is -0.496 e. The summed E-state index contributed by atoms with van der Waals surface area (Å²) in [6.45, 7) is 0.393. The van der Waals surface area contributed by atoms with Gasteiger partial charge >= 0.3 is 0 Å².